The third-order valence-electron chi connectivity index (χ3n) is 2.73. The Hall–Kier alpha value is -1.13. The number of nitrogens with one attached hydrogen (secondary N) is 1. The Morgan fingerprint density at radius 1 is 1.16 bits per heavy atom. The molecule has 0 amide bonds. The Morgan fingerprint density at radius 2 is 1.89 bits per heavy atom. The summed E-state index contributed by atoms with van der Waals surface area (Å²) in [4.78, 5) is 0. The van der Waals surface area contributed by atoms with E-state index in [-0.39, 0.29) is 16.9 Å². The average molecular weight is 347 g/mol. The first-order chi connectivity index (χ1) is 8.97. The second-order valence-electron chi connectivity index (χ2n) is 4.16. The molecule has 0 spiro atoms. The molecule has 19 heavy (non-hydrogen) atoms. The van der Waals surface area contributed by atoms with Gasteiger partial charge in [0, 0.05) is 10.0 Å². The topological polar surface area (TPSA) is 12.0 Å². The van der Waals surface area contributed by atoms with E-state index in [1.165, 1.54) is 24.3 Å². The van der Waals surface area contributed by atoms with Crippen LogP contribution in [0.1, 0.15) is 18.5 Å². The monoisotopic (exact) mass is 345 g/mol. The molecule has 2 rings (SSSR count). The number of rotatable bonds is 3. The summed E-state index contributed by atoms with van der Waals surface area (Å²) >= 11 is 9.13. The van der Waals surface area contributed by atoms with Crippen LogP contribution in [0.4, 0.5) is 14.5 Å². The molecule has 0 saturated heterocycles. The van der Waals surface area contributed by atoms with Crippen molar-refractivity contribution in [1.29, 1.82) is 0 Å². The highest BCUT2D eigenvalue weighted by atomic mass is 79.9. The fraction of sp³-hybridized carbons (Fsp3) is 0.143. The largest absolute Gasteiger partial charge is 0.377 e. The van der Waals surface area contributed by atoms with Crippen molar-refractivity contribution in [3.05, 3.63) is 63.1 Å². The second-order valence-corrected chi connectivity index (χ2v) is 5.48. The number of halogens is 4. The van der Waals surface area contributed by atoms with E-state index in [4.69, 9.17) is 11.6 Å². The van der Waals surface area contributed by atoms with Gasteiger partial charge in [-0.3, -0.25) is 0 Å². The highest BCUT2D eigenvalue weighted by molar-refractivity contribution is 9.10. The van der Waals surface area contributed by atoms with Crippen LogP contribution in [0, 0.1) is 11.6 Å². The van der Waals surface area contributed by atoms with Crippen molar-refractivity contribution in [1.82, 2.24) is 0 Å². The van der Waals surface area contributed by atoms with Gasteiger partial charge in [0.05, 0.1) is 16.8 Å². The smallest absolute Gasteiger partial charge is 0.129 e. The van der Waals surface area contributed by atoms with Gasteiger partial charge < -0.3 is 5.32 Å². The molecule has 2 aromatic rings. The molecule has 0 aliphatic rings. The molecule has 1 nitrogen and oxygen atoms in total. The van der Waals surface area contributed by atoms with Crippen LogP contribution in [0.5, 0.6) is 0 Å². The summed E-state index contributed by atoms with van der Waals surface area (Å²) in [7, 11) is 0. The Labute approximate surface area is 123 Å². The summed E-state index contributed by atoms with van der Waals surface area (Å²) in [6.07, 6.45) is 0. The lowest BCUT2D eigenvalue weighted by molar-refractivity contribution is 0.599. The summed E-state index contributed by atoms with van der Waals surface area (Å²) in [6, 6.07) is 8.63. The Morgan fingerprint density at radius 3 is 2.53 bits per heavy atom. The molecule has 100 valence electrons. The summed E-state index contributed by atoms with van der Waals surface area (Å²) in [5.41, 5.74) is 1.08. The van der Waals surface area contributed by atoms with Gasteiger partial charge in [0.25, 0.3) is 0 Å². The van der Waals surface area contributed by atoms with Gasteiger partial charge >= 0.3 is 0 Å². The quantitative estimate of drug-likeness (QED) is 0.768. The summed E-state index contributed by atoms with van der Waals surface area (Å²) in [5, 5.41) is 3.33. The lowest BCUT2D eigenvalue weighted by Crippen LogP contribution is -2.09. The van der Waals surface area contributed by atoms with Gasteiger partial charge in [0.15, 0.2) is 0 Å². The van der Waals surface area contributed by atoms with Gasteiger partial charge in [-0.2, -0.15) is 0 Å². The second kappa shape index (κ2) is 5.88. The maximum absolute atomic E-state index is 13.8. The molecule has 0 radical (unpaired) electrons. The average Bonchev–Trinajstić information content (AvgIpc) is 2.32. The first-order valence-corrected chi connectivity index (χ1v) is 6.81. The van der Waals surface area contributed by atoms with Crippen LogP contribution in [0.3, 0.4) is 0 Å². The fourth-order valence-electron chi connectivity index (χ4n) is 1.77. The Bertz CT molecular complexity index is 604. The third kappa shape index (κ3) is 3.45. The van der Waals surface area contributed by atoms with Crippen LogP contribution in [0.2, 0.25) is 5.02 Å². The molecule has 0 bridgehead atoms. The van der Waals surface area contributed by atoms with Gasteiger partial charge in [0.2, 0.25) is 0 Å². The van der Waals surface area contributed by atoms with E-state index in [9.17, 15) is 8.78 Å². The van der Waals surface area contributed by atoms with Gasteiger partial charge in [-0.15, -0.1) is 0 Å². The van der Waals surface area contributed by atoms with E-state index >= 15 is 0 Å². The maximum Gasteiger partial charge on any atom is 0.129 e. The van der Waals surface area contributed by atoms with E-state index in [0.29, 0.717) is 15.7 Å². The van der Waals surface area contributed by atoms with Gasteiger partial charge in [-0.05, 0) is 37.3 Å². The molecule has 1 N–H and O–H groups in total. The molecule has 0 saturated carbocycles. The molecular formula is C14H11BrClF2N. The first kappa shape index (κ1) is 14.3. The minimum Gasteiger partial charge on any atom is -0.377 e. The normalized spacial score (nSPS) is 12.3. The van der Waals surface area contributed by atoms with Crippen molar-refractivity contribution in [3.8, 4) is 0 Å². The van der Waals surface area contributed by atoms with Crippen molar-refractivity contribution < 1.29 is 8.78 Å². The highest BCUT2D eigenvalue weighted by Gasteiger charge is 2.12. The zero-order valence-electron chi connectivity index (χ0n) is 10.1. The molecule has 0 aliphatic heterocycles. The number of benzene rings is 2. The third-order valence-corrected chi connectivity index (χ3v) is 3.54. The molecule has 5 heteroatoms. The lowest BCUT2D eigenvalue weighted by Gasteiger charge is -2.17. The number of hydrogen-bond acceptors (Lipinski definition) is 1. The van der Waals surface area contributed by atoms with Crippen molar-refractivity contribution in [3.63, 3.8) is 0 Å². The summed E-state index contributed by atoms with van der Waals surface area (Å²) < 4.78 is 27.4. The zero-order chi connectivity index (χ0) is 14.0. The van der Waals surface area contributed by atoms with Crippen molar-refractivity contribution in [2.24, 2.45) is 0 Å². The molecular weight excluding hydrogens is 336 g/mol. The van der Waals surface area contributed by atoms with E-state index in [2.05, 4.69) is 21.2 Å². The standard InChI is InChI=1S/C14H11BrClF2N/c1-8(11-4-2-9(15)6-13(11)18)19-14-5-3-10(17)7-12(14)16/h2-8,19H,1H3. The Kier molecular flexibility index (Phi) is 4.42. The van der Waals surface area contributed by atoms with Crippen LogP contribution in [0.25, 0.3) is 0 Å². The van der Waals surface area contributed by atoms with E-state index in [1.54, 1.807) is 12.1 Å². The fourth-order valence-corrected chi connectivity index (χ4v) is 2.33. The van der Waals surface area contributed by atoms with E-state index in [1.807, 2.05) is 6.92 Å². The molecule has 1 atom stereocenters. The molecule has 1 unspecified atom stereocenters. The summed E-state index contributed by atoms with van der Waals surface area (Å²) in [5.74, 6) is -0.717. The minimum absolute atomic E-state index is 0.268. The molecule has 0 aromatic heterocycles. The van der Waals surface area contributed by atoms with Crippen molar-refractivity contribution in [2.75, 3.05) is 5.32 Å². The van der Waals surface area contributed by atoms with Crippen molar-refractivity contribution in [2.45, 2.75) is 13.0 Å². The number of anilines is 1. The van der Waals surface area contributed by atoms with Gasteiger partial charge in [0.1, 0.15) is 11.6 Å². The first-order valence-electron chi connectivity index (χ1n) is 5.64. The zero-order valence-corrected chi connectivity index (χ0v) is 12.4. The SMILES string of the molecule is CC(Nc1ccc(F)cc1Cl)c1ccc(Br)cc1F. The van der Waals surface area contributed by atoms with Crippen molar-refractivity contribution >= 4 is 33.2 Å². The highest BCUT2D eigenvalue weighted by Crippen LogP contribution is 2.28. The van der Waals surface area contributed by atoms with E-state index < -0.39 is 5.82 Å². The minimum atomic E-state index is -0.405. The van der Waals surface area contributed by atoms with Crippen LogP contribution in [-0.2, 0) is 0 Å². The van der Waals surface area contributed by atoms with Gasteiger partial charge in [-0.1, -0.05) is 33.6 Å². The predicted molar refractivity (Wildman–Crippen MR) is 77.5 cm³/mol. The van der Waals surface area contributed by atoms with Crippen LogP contribution >= 0.6 is 27.5 Å². The molecule has 0 fully saturated rings. The molecule has 0 aliphatic carbocycles. The van der Waals surface area contributed by atoms with Crippen LogP contribution in [0.15, 0.2) is 40.9 Å². The summed E-state index contributed by atoms with van der Waals surface area (Å²) in [6.45, 7) is 1.81. The predicted octanol–water partition coefficient (Wildman–Crippen LogP) is 5.55. The van der Waals surface area contributed by atoms with Gasteiger partial charge in [-0.25, -0.2) is 8.78 Å². The van der Waals surface area contributed by atoms with Crippen LogP contribution < -0.4 is 5.32 Å². The molecule has 2 aromatic carbocycles. The molecule has 0 heterocycles. The lowest BCUT2D eigenvalue weighted by atomic mass is 10.1. The van der Waals surface area contributed by atoms with E-state index in [0.717, 1.165) is 0 Å². The van der Waals surface area contributed by atoms with Crippen LogP contribution in [-0.4, -0.2) is 0 Å². The maximum atomic E-state index is 13.8. The number of hydrogen-bond donors (Lipinski definition) is 1. The Balaban J connectivity index is 2.23.